The van der Waals surface area contributed by atoms with E-state index in [4.69, 9.17) is 11.6 Å². The molecule has 0 saturated heterocycles. The summed E-state index contributed by atoms with van der Waals surface area (Å²) in [5.74, 6) is 0.707. The number of aliphatic imine (C=N–C) groups is 1. The molecule has 1 N–H and O–H groups in total. The van der Waals surface area contributed by atoms with E-state index in [1.54, 1.807) is 0 Å². The van der Waals surface area contributed by atoms with Crippen LogP contribution in [-0.2, 0) is 4.79 Å². The maximum Gasteiger partial charge on any atom is 0.253 e. The lowest BCUT2D eigenvalue weighted by Gasteiger charge is -2.21. The number of nitrogens with zero attached hydrogens (tertiary/aromatic N) is 1. The van der Waals surface area contributed by atoms with E-state index < -0.39 is 5.54 Å². The fourth-order valence-electron chi connectivity index (χ4n) is 1.81. The van der Waals surface area contributed by atoms with Gasteiger partial charge in [0.1, 0.15) is 11.4 Å². The highest BCUT2D eigenvalue weighted by Crippen LogP contribution is 2.27. The second-order valence-electron chi connectivity index (χ2n) is 5.18. The van der Waals surface area contributed by atoms with Crippen molar-refractivity contribution in [2.75, 3.05) is 0 Å². The average molecular weight is 265 g/mol. The van der Waals surface area contributed by atoms with Crippen molar-refractivity contribution in [2.45, 2.75) is 33.2 Å². The molecular weight excluding hydrogens is 248 g/mol. The van der Waals surface area contributed by atoms with E-state index in [2.05, 4.69) is 10.3 Å². The third-order valence-corrected chi connectivity index (χ3v) is 4.01. The highest BCUT2D eigenvalue weighted by molar-refractivity contribution is 6.32. The van der Waals surface area contributed by atoms with Crippen LogP contribution in [0.3, 0.4) is 0 Å². The molecule has 0 aromatic heterocycles. The number of rotatable bonds is 2. The summed E-state index contributed by atoms with van der Waals surface area (Å²) < 4.78 is 0. The van der Waals surface area contributed by atoms with E-state index in [0.717, 1.165) is 11.1 Å². The number of benzene rings is 1. The molecular formula is C14H17ClN2O. The molecule has 0 radical (unpaired) electrons. The van der Waals surface area contributed by atoms with Gasteiger partial charge in [0.2, 0.25) is 0 Å². The molecule has 1 heterocycles. The molecule has 0 spiro atoms. The fourth-order valence-corrected chi connectivity index (χ4v) is 1.99. The van der Waals surface area contributed by atoms with Gasteiger partial charge < -0.3 is 5.32 Å². The molecule has 0 bridgehead atoms. The van der Waals surface area contributed by atoms with Crippen LogP contribution < -0.4 is 5.32 Å². The first kappa shape index (κ1) is 13.1. The molecule has 0 saturated carbocycles. The highest BCUT2D eigenvalue weighted by atomic mass is 35.5. The van der Waals surface area contributed by atoms with Crippen molar-refractivity contribution in [3.63, 3.8) is 0 Å². The lowest BCUT2D eigenvalue weighted by atomic mass is 9.89. The average Bonchev–Trinajstić information content (AvgIpc) is 2.61. The summed E-state index contributed by atoms with van der Waals surface area (Å²) in [7, 11) is 0. The smallest absolute Gasteiger partial charge is 0.253 e. The largest absolute Gasteiger partial charge is 0.308 e. The number of halogens is 1. The summed E-state index contributed by atoms with van der Waals surface area (Å²) >= 11 is 6.09. The van der Waals surface area contributed by atoms with Crippen LogP contribution in [0, 0.1) is 12.8 Å². The van der Waals surface area contributed by atoms with Gasteiger partial charge in [0.25, 0.3) is 5.91 Å². The van der Waals surface area contributed by atoms with Gasteiger partial charge in [-0.2, -0.15) is 0 Å². The zero-order valence-corrected chi connectivity index (χ0v) is 11.8. The maximum atomic E-state index is 12.0. The zero-order chi connectivity index (χ0) is 13.5. The Morgan fingerprint density at radius 1 is 1.39 bits per heavy atom. The predicted octanol–water partition coefficient (Wildman–Crippen LogP) is 2.94. The van der Waals surface area contributed by atoms with Gasteiger partial charge in [-0.1, -0.05) is 37.6 Å². The normalized spacial score (nSPS) is 23.2. The molecule has 1 unspecified atom stereocenters. The second-order valence-corrected chi connectivity index (χ2v) is 5.59. The minimum absolute atomic E-state index is 0.0517. The summed E-state index contributed by atoms with van der Waals surface area (Å²) in [5, 5.41) is 3.52. The number of aryl methyl sites for hydroxylation is 1. The van der Waals surface area contributed by atoms with Crippen molar-refractivity contribution in [2.24, 2.45) is 10.9 Å². The van der Waals surface area contributed by atoms with Crippen molar-refractivity contribution in [1.82, 2.24) is 5.32 Å². The van der Waals surface area contributed by atoms with Crippen molar-refractivity contribution in [1.29, 1.82) is 0 Å². The van der Waals surface area contributed by atoms with Gasteiger partial charge in [-0.05, 0) is 31.4 Å². The summed E-state index contributed by atoms with van der Waals surface area (Å²) in [4.78, 5) is 16.6. The van der Waals surface area contributed by atoms with Gasteiger partial charge in [-0.3, -0.25) is 9.79 Å². The topological polar surface area (TPSA) is 41.5 Å². The molecule has 3 nitrogen and oxygen atoms in total. The number of carbonyl (C=O) groups is 1. The zero-order valence-electron chi connectivity index (χ0n) is 11.0. The Morgan fingerprint density at radius 3 is 2.56 bits per heavy atom. The molecule has 1 aliphatic heterocycles. The monoisotopic (exact) mass is 264 g/mol. The van der Waals surface area contributed by atoms with E-state index in [-0.39, 0.29) is 11.8 Å². The van der Waals surface area contributed by atoms with Gasteiger partial charge >= 0.3 is 0 Å². The Balaban J connectivity index is 2.41. The summed E-state index contributed by atoms with van der Waals surface area (Å²) in [5.41, 5.74) is 1.17. The lowest BCUT2D eigenvalue weighted by Crippen LogP contribution is -2.41. The molecule has 0 aliphatic carbocycles. The van der Waals surface area contributed by atoms with Crippen molar-refractivity contribution < 1.29 is 4.79 Å². The van der Waals surface area contributed by atoms with Crippen LogP contribution in [0.4, 0.5) is 0 Å². The number of nitrogens with one attached hydrogen (secondary N) is 1. The van der Waals surface area contributed by atoms with Crippen LogP contribution in [0.5, 0.6) is 0 Å². The quantitative estimate of drug-likeness (QED) is 0.877. The number of hydrogen-bond acceptors (Lipinski definition) is 2. The third kappa shape index (κ3) is 2.03. The Bertz CT molecular complexity index is 537. The Labute approximate surface area is 112 Å². The molecule has 18 heavy (non-hydrogen) atoms. The number of amides is 1. The second kappa shape index (κ2) is 4.39. The van der Waals surface area contributed by atoms with Crippen LogP contribution in [0.2, 0.25) is 5.02 Å². The Hall–Kier alpha value is -1.35. The first-order chi connectivity index (χ1) is 8.34. The Morgan fingerprint density at radius 2 is 2.06 bits per heavy atom. The van der Waals surface area contributed by atoms with Crippen molar-refractivity contribution in [3.05, 3.63) is 34.3 Å². The number of amidine groups is 1. The van der Waals surface area contributed by atoms with Gasteiger partial charge in [0.15, 0.2) is 0 Å². The van der Waals surface area contributed by atoms with Crippen LogP contribution in [-0.4, -0.2) is 17.3 Å². The van der Waals surface area contributed by atoms with Gasteiger partial charge in [-0.25, -0.2) is 0 Å². The minimum atomic E-state index is -0.688. The highest BCUT2D eigenvalue weighted by Gasteiger charge is 2.41. The summed E-state index contributed by atoms with van der Waals surface area (Å²) in [6.45, 7) is 7.79. The van der Waals surface area contributed by atoms with Crippen LogP contribution in [0.25, 0.3) is 0 Å². The van der Waals surface area contributed by atoms with Crippen molar-refractivity contribution in [3.8, 4) is 0 Å². The van der Waals surface area contributed by atoms with E-state index in [1.807, 2.05) is 45.9 Å². The third-order valence-electron chi connectivity index (χ3n) is 3.61. The molecule has 1 aliphatic rings. The van der Waals surface area contributed by atoms with Crippen LogP contribution >= 0.6 is 11.6 Å². The molecule has 1 amide bonds. The SMILES string of the molecule is Cc1ccc(C2=NC(C)(C(C)C)C(=O)N2)cc1Cl. The first-order valence-corrected chi connectivity index (χ1v) is 6.40. The molecule has 1 atom stereocenters. The van der Waals surface area contributed by atoms with E-state index >= 15 is 0 Å². The standard InChI is InChI=1S/C14H17ClN2O/c1-8(2)14(4)13(18)16-12(17-14)10-6-5-9(3)11(15)7-10/h5-8H,1-4H3,(H,16,17,18). The Kier molecular flexibility index (Phi) is 3.20. The molecule has 1 aromatic carbocycles. The fraction of sp³-hybridized carbons (Fsp3) is 0.429. The molecule has 2 rings (SSSR count). The molecule has 0 fully saturated rings. The van der Waals surface area contributed by atoms with Gasteiger partial charge in [0.05, 0.1) is 0 Å². The molecule has 1 aromatic rings. The van der Waals surface area contributed by atoms with Gasteiger partial charge in [0, 0.05) is 10.6 Å². The summed E-state index contributed by atoms with van der Waals surface area (Å²) in [6.07, 6.45) is 0. The van der Waals surface area contributed by atoms with Crippen LogP contribution in [0.1, 0.15) is 31.9 Å². The minimum Gasteiger partial charge on any atom is -0.308 e. The number of carbonyl (C=O) groups excluding carboxylic acids is 1. The van der Waals surface area contributed by atoms with Gasteiger partial charge in [-0.15, -0.1) is 0 Å². The first-order valence-electron chi connectivity index (χ1n) is 6.02. The van der Waals surface area contributed by atoms with Crippen molar-refractivity contribution >= 4 is 23.3 Å². The summed E-state index contributed by atoms with van der Waals surface area (Å²) in [6, 6.07) is 5.69. The van der Waals surface area contributed by atoms with E-state index in [1.165, 1.54) is 0 Å². The van der Waals surface area contributed by atoms with E-state index in [9.17, 15) is 4.79 Å². The number of hydrogen-bond donors (Lipinski definition) is 1. The predicted molar refractivity (Wildman–Crippen MR) is 74.1 cm³/mol. The lowest BCUT2D eigenvalue weighted by molar-refractivity contribution is -0.124. The van der Waals surface area contributed by atoms with Crippen LogP contribution in [0.15, 0.2) is 23.2 Å². The van der Waals surface area contributed by atoms with E-state index in [0.29, 0.717) is 10.9 Å². The molecule has 96 valence electrons. The molecule has 4 heteroatoms. The maximum absolute atomic E-state index is 12.0.